The van der Waals surface area contributed by atoms with Crippen molar-refractivity contribution < 1.29 is 4.74 Å². The second kappa shape index (κ2) is 5.63. The minimum absolute atomic E-state index is 0.697. The monoisotopic (exact) mass is 263 g/mol. The first-order chi connectivity index (χ1) is 9.31. The van der Waals surface area contributed by atoms with Crippen LogP contribution in [0, 0.1) is 11.8 Å². The minimum Gasteiger partial charge on any atom is -0.384 e. The lowest BCUT2D eigenvalue weighted by Gasteiger charge is -2.46. The maximum atomic E-state index is 5.40. The summed E-state index contributed by atoms with van der Waals surface area (Å²) >= 11 is 0. The summed E-state index contributed by atoms with van der Waals surface area (Å²) in [6, 6.07) is 0.721. The zero-order valence-electron chi connectivity index (χ0n) is 12.1. The third-order valence-electron chi connectivity index (χ3n) is 4.76. The van der Waals surface area contributed by atoms with Gasteiger partial charge in [0.1, 0.15) is 0 Å². The molecule has 2 heterocycles. The van der Waals surface area contributed by atoms with Crippen molar-refractivity contribution in [1.29, 1.82) is 0 Å². The van der Waals surface area contributed by atoms with E-state index >= 15 is 0 Å². The number of likely N-dealkylation sites (tertiary alicyclic amines) is 1. The predicted molar refractivity (Wildman–Crippen MR) is 75.1 cm³/mol. The second-order valence-electron chi connectivity index (χ2n) is 6.16. The molecule has 0 unspecified atom stereocenters. The molecule has 19 heavy (non-hydrogen) atoms. The molecule has 106 valence electrons. The van der Waals surface area contributed by atoms with E-state index in [4.69, 9.17) is 4.74 Å². The zero-order valence-corrected chi connectivity index (χ0v) is 12.1. The summed E-state index contributed by atoms with van der Waals surface area (Å²) in [4.78, 5) is 2.70. The molecule has 1 fully saturated rings. The van der Waals surface area contributed by atoms with Gasteiger partial charge in [-0.1, -0.05) is 6.92 Å². The van der Waals surface area contributed by atoms with Gasteiger partial charge < -0.3 is 4.74 Å². The number of nitrogens with one attached hydrogen (secondary N) is 1. The van der Waals surface area contributed by atoms with E-state index in [0.717, 1.165) is 18.6 Å². The van der Waals surface area contributed by atoms with Crippen molar-refractivity contribution in [2.45, 2.75) is 38.6 Å². The molecule has 0 spiro atoms. The average Bonchev–Trinajstić information content (AvgIpc) is 2.84. The first-order valence-electron chi connectivity index (χ1n) is 7.56. The van der Waals surface area contributed by atoms with E-state index in [1.807, 2.05) is 13.3 Å². The van der Waals surface area contributed by atoms with Gasteiger partial charge in [-0.3, -0.25) is 10.00 Å². The van der Waals surface area contributed by atoms with Gasteiger partial charge in [-0.15, -0.1) is 0 Å². The molecule has 1 aromatic heterocycles. The van der Waals surface area contributed by atoms with Gasteiger partial charge in [0, 0.05) is 25.4 Å². The predicted octanol–water partition coefficient (Wildman–Crippen LogP) is 1.87. The van der Waals surface area contributed by atoms with Gasteiger partial charge in [-0.25, -0.2) is 0 Å². The molecule has 1 saturated heterocycles. The molecule has 0 radical (unpaired) electrons. The van der Waals surface area contributed by atoms with Crippen molar-refractivity contribution in [1.82, 2.24) is 15.1 Å². The molecule has 0 aromatic carbocycles. The number of hydrogen-bond donors (Lipinski definition) is 1. The Hall–Kier alpha value is -0.870. The number of rotatable bonds is 4. The average molecular weight is 263 g/mol. The van der Waals surface area contributed by atoms with Gasteiger partial charge in [-0.2, -0.15) is 5.10 Å². The second-order valence-corrected chi connectivity index (χ2v) is 6.16. The molecule has 4 heteroatoms. The van der Waals surface area contributed by atoms with Crippen molar-refractivity contribution in [2.24, 2.45) is 11.8 Å². The molecule has 1 aliphatic carbocycles. The highest BCUT2D eigenvalue weighted by atomic mass is 16.5. The fraction of sp³-hybridized carbons (Fsp3) is 0.800. The first kappa shape index (κ1) is 13.1. The Kier molecular flexibility index (Phi) is 3.89. The molecular weight excluding hydrogens is 238 g/mol. The lowest BCUT2D eigenvalue weighted by atomic mass is 9.74. The number of nitrogens with zero attached hydrogens (tertiary/aromatic N) is 2. The third-order valence-corrected chi connectivity index (χ3v) is 4.76. The lowest BCUT2D eigenvalue weighted by molar-refractivity contribution is 0.0167. The number of H-pyrrole nitrogens is 1. The summed E-state index contributed by atoms with van der Waals surface area (Å²) in [5.41, 5.74) is 2.81. The highest BCUT2D eigenvalue weighted by molar-refractivity contribution is 5.23. The Morgan fingerprint density at radius 3 is 3.16 bits per heavy atom. The summed E-state index contributed by atoms with van der Waals surface area (Å²) in [5, 5.41) is 7.40. The summed E-state index contributed by atoms with van der Waals surface area (Å²) < 4.78 is 5.40. The van der Waals surface area contributed by atoms with Crippen molar-refractivity contribution >= 4 is 0 Å². The maximum absolute atomic E-state index is 5.40. The number of hydrogen-bond acceptors (Lipinski definition) is 3. The standard InChI is InChI=1S/C15H25N3O/c1-3-4-18-9-11(10-19-2)5-12-6-14-13(7-15(12)18)8-16-17-14/h8,11-12,15H,3-7,9-10H2,1-2H3,(H,16,17)/t11-,12+,15+/m1/s1. The number of piperidine rings is 1. The maximum Gasteiger partial charge on any atom is 0.0522 e. The smallest absolute Gasteiger partial charge is 0.0522 e. The van der Waals surface area contributed by atoms with E-state index in [1.165, 1.54) is 50.0 Å². The number of aromatic nitrogens is 2. The topological polar surface area (TPSA) is 41.1 Å². The van der Waals surface area contributed by atoms with Crippen LogP contribution in [-0.2, 0) is 17.6 Å². The normalized spacial score (nSPS) is 30.9. The summed E-state index contributed by atoms with van der Waals surface area (Å²) in [5.74, 6) is 1.47. The molecule has 4 nitrogen and oxygen atoms in total. The number of fused-ring (bicyclic) bond motifs is 2. The minimum atomic E-state index is 0.697. The molecule has 0 amide bonds. The summed E-state index contributed by atoms with van der Waals surface area (Å²) in [7, 11) is 1.82. The van der Waals surface area contributed by atoms with Crippen LogP contribution in [0.2, 0.25) is 0 Å². The molecule has 2 aliphatic rings. The van der Waals surface area contributed by atoms with Crippen LogP contribution in [0.1, 0.15) is 31.0 Å². The quantitative estimate of drug-likeness (QED) is 0.901. The highest BCUT2D eigenvalue weighted by Gasteiger charge is 2.39. The van der Waals surface area contributed by atoms with Gasteiger partial charge in [0.05, 0.1) is 12.8 Å². The molecule has 1 aliphatic heterocycles. The Balaban J connectivity index is 1.78. The Morgan fingerprint density at radius 2 is 2.37 bits per heavy atom. The Bertz CT molecular complexity index is 417. The van der Waals surface area contributed by atoms with E-state index in [0.29, 0.717) is 5.92 Å². The van der Waals surface area contributed by atoms with Crippen LogP contribution in [0.25, 0.3) is 0 Å². The van der Waals surface area contributed by atoms with Crippen LogP contribution in [-0.4, -0.2) is 47.9 Å². The molecule has 0 saturated carbocycles. The van der Waals surface area contributed by atoms with Crippen LogP contribution in [0.15, 0.2) is 6.20 Å². The lowest BCUT2D eigenvalue weighted by Crippen LogP contribution is -2.52. The van der Waals surface area contributed by atoms with E-state index in [2.05, 4.69) is 22.0 Å². The van der Waals surface area contributed by atoms with E-state index in [9.17, 15) is 0 Å². The molecule has 3 rings (SSSR count). The van der Waals surface area contributed by atoms with Gasteiger partial charge in [-0.05, 0) is 49.6 Å². The van der Waals surface area contributed by atoms with Gasteiger partial charge in [0.25, 0.3) is 0 Å². The molecular formula is C15H25N3O. The van der Waals surface area contributed by atoms with Crippen molar-refractivity contribution in [2.75, 3.05) is 26.8 Å². The highest BCUT2D eigenvalue weighted by Crippen LogP contribution is 2.36. The van der Waals surface area contributed by atoms with Crippen LogP contribution in [0.3, 0.4) is 0 Å². The molecule has 1 N–H and O–H groups in total. The number of ether oxygens (including phenoxy) is 1. The SMILES string of the molecule is CCCN1C[C@H](COC)C[C@H]2Cc3[nH]ncc3C[C@@H]21. The van der Waals surface area contributed by atoms with Crippen LogP contribution < -0.4 is 0 Å². The van der Waals surface area contributed by atoms with Crippen molar-refractivity contribution in [3.8, 4) is 0 Å². The van der Waals surface area contributed by atoms with Gasteiger partial charge >= 0.3 is 0 Å². The first-order valence-corrected chi connectivity index (χ1v) is 7.56. The van der Waals surface area contributed by atoms with E-state index < -0.39 is 0 Å². The van der Waals surface area contributed by atoms with Gasteiger partial charge in [0.2, 0.25) is 0 Å². The summed E-state index contributed by atoms with van der Waals surface area (Å²) in [6.07, 6.45) is 6.91. The van der Waals surface area contributed by atoms with Crippen LogP contribution in [0.4, 0.5) is 0 Å². The Morgan fingerprint density at radius 1 is 1.47 bits per heavy atom. The zero-order chi connectivity index (χ0) is 13.2. The molecule has 0 bridgehead atoms. The fourth-order valence-electron chi connectivity index (χ4n) is 4.02. The van der Waals surface area contributed by atoms with Crippen LogP contribution >= 0.6 is 0 Å². The van der Waals surface area contributed by atoms with E-state index in [1.54, 1.807) is 0 Å². The Labute approximate surface area is 115 Å². The van der Waals surface area contributed by atoms with Crippen molar-refractivity contribution in [3.63, 3.8) is 0 Å². The number of aromatic amines is 1. The van der Waals surface area contributed by atoms with Gasteiger partial charge in [0.15, 0.2) is 0 Å². The summed E-state index contributed by atoms with van der Waals surface area (Å²) in [6.45, 7) is 5.60. The third kappa shape index (κ3) is 2.56. The van der Waals surface area contributed by atoms with Crippen molar-refractivity contribution in [3.05, 3.63) is 17.5 Å². The van der Waals surface area contributed by atoms with E-state index in [-0.39, 0.29) is 0 Å². The molecule has 1 aromatic rings. The van der Waals surface area contributed by atoms with Crippen LogP contribution in [0.5, 0.6) is 0 Å². The fourth-order valence-corrected chi connectivity index (χ4v) is 4.02. The largest absolute Gasteiger partial charge is 0.384 e. The number of methoxy groups -OCH3 is 1. The molecule has 3 atom stereocenters.